The van der Waals surface area contributed by atoms with E-state index in [-0.39, 0.29) is 5.91 Å². The summed E-state index contributed by atoms with van der Waals surface area (Å²) in [4.78, 5) is 14.3. The molecule has 1 saturated carbocycles. The van der Waals surface area contributed by atoms with E-state index in [2.05, 4.69) is 10.3 Å². The minimum atomic E-state index is -0.687. The van der Waals surface area contributed by atoms with Gasteiger partial charge in [-0.05, 0) is 25.3 Å². The standard InChI is InChI=1S/C10H15N3O2/c11-7-4-8(12-5-7)9(14)13-6-10(15)2-1-3-10/h4-5,12,15H,1-3,6,11H2,(H,13,14). The molecule has 1 amide bonds. The van der Waals surface area contributed by atoms with Crippen molar-refractivity contribution in [3.8, 4) is 0 Å². The molecule has 0 unspecified atom stereocenters. The Morgan fingerprint density at radius 1 is 1.67 bits per heavy atom. The van der Waals surface area contributed by atoms with Crippen molar-refractivity contribution < 1.29 is 9.90 Å². The lowest BCUT2D eigenvalue weighted by Crippen LogP contribution is -2.47. The summed E-state index contributed by atoms with van der Waals surface area (Å²) in [5, 5.41) is 12.4. The fourth-order valence-corrected chi connectivity index (χ4v) is 1.64. The molecule has 5 heteroatoms. The van der Waals surface area contributed by atoms with Gasteiger partial charge in [-0.15, -0.1) is 0 Å². The summed E-state index contributed by atoms with van der Waals surface area (Å²) in [6, 6.07) is 1.57. The topological polar surface area (TPSA) is 91.1 Å². The van der Waals surface area contributed by atoms with Crippen molar-refractivity contribution in [2.75, 3.05) is 12.3 Å². The number of aromatic nitrogens is 1. The molecule has 82 valence electrons. The zero-order chi connectivity index (χ0) is 10.9. The van der Waals surface area contributed by atoms with Crippen LogP contribution in [0.15, 0.2) is 12.3 Å². The lowest BCUT2D eigenvalue weighted by atomic mass is 9.80. The molecule has 0 bridgehead atoms. The van der Waals surface area contributed by atoms with Gasteiger partial charge in [-0.1, -0.05) is 0 Å². The zero-order valence-electron chi connectivity index (χ0n) is 8.42. The van der Waals surface area contributed by atoms with Crippen LogP contribution >= 0.6 is 0 Å². The molecule has 0 aliphatic heterocycles. The molecule has 0 atom stereocenters. The summed E-state index contributed by atoms with van der Waals surface area (Å²) in [6.07, 6.45) is 4.12. The molecule has 1 aromatic heterocycles. The van der Waals surface area contributed by atoms with Crippen LogP contribution in [-0.4, -0.2) is 28.1 Å². The van der Waals surface area contributed by atoms with Gasteiger partial charge in [0.15, 0.2) is 0 Å². The van der Waals surface area contributed by atoms with E-state index in [4.69, 9.17) is 5.73 Å². The lowest BCUT2D eigenvalue weighted by molar-refractivity contribution is -0.0300. The number of nitrogens with one attached hydrogen (secondary N) is 2. The Kier molecular flexibility index (Phi) is 2.40. The molecular weight excluding hydrogens is 194 g/mol. The van der Waals surface area contributed by atoms with E-state index in [1.54, 1.807) is 12.3 Å². The molecular formula is C10H15N3O2. The number of aromatic amines is 1. The lowest BCUT2D eigenvalue weighted by Gasteiger charge is -2.36. The number of rotatable bonds is 3. The first-order valence-electron chi connectivity index (χ1n) is 5.04. The molecule has 5 nitrogen and oxygen atoms in total. The summed E-state index contributed by atoms with van der Waals surface area (Å²) in [7, 11) is 0. The monoisotopic (exact) mass is 209 g/mol. The molecule has 1 aliphatic carbocycles. The maximum atomic E-state index is 11.5. The summed E-state index contributed by atoms with van der Waals surface area (Å²) in [5.41, 5.74) is 5.74. The Bertz CT molecular complexity index is 368. The highest BCUT2D eigenvalue weighted by atomic mass is 16.3. The molecule has 1 aliphatic rings. The van der Waals surface area contributed by atoms with Crippen LogP contribution in [0.25, 0.3) is 0 Å². The number of carbonyl (C=O) groups excluding carboxylic acids is 1. The number of aliphatic hydroxyl groups is 1. The molecule has 1 heterocycles. The molecule has 15 heavy (non-hydrogen) atoms. The predicted octanol–water partition coefficient (Wildman–Crippen LogP) is 0.242. The minimum absolute atomic E-state index is 0.230. The van der Waals surface area contributed by atoms with Crippen molar-refractivity contribution in [1.82, 2.24) is 10.3 Å². The molecule has 0 radical (unpaired) electrons. The third-order valence-electron chi connectivity index (χ3n) is 2.81. The Morgan fingerprint density at radius 3 is 2.87 bits per heavy atom. The van der Waals surface area contributed by atoms with Crippen LogP contribution in [0.1, 0.15) is 29.8 Å². The van der Waals surface area contributed by atoms with Gasteiger partial charge in [-0.25, -0.2) is 0 Å². The van der Waals surface area contributed by atoms with Crippen molar-refractivity contribution in [3.05, 3.63) is 18.0 Å². The fourth-order valence-electron chi connectivity index (χ4n) is 1.64. The van der Waals surface area contributed by atoms with E-state index in [0.717, 1.165) is 19.3 Å². The molecule has 2 rings (SSSR count). The van der Waals surface area contributed by atoms with Crippen molar-refractivity contribution in [3.63, 3.8) is 0 Å². The van der Waals surface area contributed by atoms with Gasteiger partial charge in [-0.2, -0.15) is 0 Å². The Morgan fingerprint density at radius 2 is 2.40 bits per heavy atom. The van der Waals surface area contributed by atoms with Crippen LogP contribution < -0.4 is 11.1 Å². The molecule has 5 N–H and O–H groups in total. The van der Waals surface area contributed by atoms with E-state index in [9.17, 15) is 9.90 Å². The van der Waals surface area contributed by atoms with Gasteiger partial charge in [0.05, 0.1) is 5.60 Å². The number of carbonyl (C=O) groups is 1. The number of nitrogens with two attached hydrogens (primary N) is 1. The first-order valence-corrected chi connectivity index (χ1v) is 5.04. The van der Waals surface area contributed by atoms with Gasteiger partial charge in [0, 0.05) is 18.4 Å². The highest BCUT2D eigenvalue weighted by molar-refractivity contribution is 5.93. The highest BCUT2D eigenvalue weighted by Crippen LogP contribution is 2.30. The molecule has 0 aromatic carbocycles. The van der Waals surface area contributed by atoms with Gasteiger partial charge in [0.1, 0.15) is 5.69 Å². The smallest absolute Gasteiger partial charge is 0.267 e. The van der Waals surface area contributed by atoms with Crippen molar-refractivity contribution in [1.29, 1.82) is 0 Å². The quantitative estimate of drug-likeness (QED) is 0.574. The maximum Gasteiger partial charge on any atom is 0.267 e. The normalized spacial score (nSPS) is 18.2. The summed E-state index contributed by atoms with van der Waals surface area (Å²) >= 11 is 0. The maximum absolute atomic E-state index is 11.5. The average Bonchev–Trinajstić information content (AvgIpc) is 2.58. The number of H-pyrrole nitrogens is 1. The molecule has 0 spiro atoms. The van der Waals surface area contributed by atoms with Gasteiger partial charge in [0.25, 0.3) is 5.91 Å². The second-order valence-corrected chi connectivity index (χ2v) is 4.11. The average molecular weight is 209 g/mol. The third kappa shape index (κ3) is 2.12. The zero-order valence-corrected chi connectivity index (χ0v) is 8.42. The van der Waals surface area contributed by atoms with E-state index < -0.39 is 5.60 Å². The Labute approximate surface area is 87.7 Å². The fraction of sp³-hybridized carbons (Fsp3) is 0.500. The van der Waals surface area contributed by atoms with Crippen LogP contribution in [0.5, 0.6) is 0 Å². The number of anilines is 1. The first kappa shape index (κ1) is 10.0. The first-order chi connectivity index (χ1) is 7.09. The molecule has 1 aromatic rings. The summed E-state index contributed by atoms with van der Waals surface area (Å²) in [6.45, 7) is 0.310. The van der Waals surface area contributed by atoms with Crippen molar-refractivity contribution in [2.24, 2.45) is 0 Å². The van der Waals surface area contributed by atoms with Gasteiger partial charge >= 0.3 is 0 Å². The number of hydrogen-bond acceptors (Lipinski definition) is 3. The van der Waals surface area contributed by atoms with E-state index in [1.165, 1.54) is 0 Å². The van der Waals surface area contributed by atoms with Crippen LogP contribution in [0.2, 0.25) is 0 Å². The molecule has 0 saturated heterocycles. The number of nitrogen functional groups attached to an aromatic ring is 1. The van der Waals surface area contributed by atoms with Gasteiger partial charge in [-0.3, -0.25) is 4.79 Å². The van der Waals surface area contributed by atoms with E-state index in [0.29, 0.717) is 17.9 Å². The predicted molar refractivity (Wildman–Crippen MR) is 56.3 cm³/mol. The van der Waals surface area contributed by atoms with Crippen LogP contribution in [0.3, 0.4) is 0 Å². The Balaban J connectivity index is 1.87. The van der Waals surface area contributed by atoms with Crippen LogP contribution in [0.4, 0.5) is 5.69 Å². The minimum Gasteiger partial charge on any atom is -0.397 e. The largest absolute Gasteiger partial charge is 0.397 e. The van der Waals surface area contributed by atoms with Crippen LogP contribution in [-0.2, 0) is 0 Å². The third-order valence-corrected chi connectivity index (χ3v) is 2.81. The van der Waals surface area contributed by atoms with Crippen molar-refractivity contribution in [2.45, 2.75) is 24.9 Å². The number of amides is 1. The Hall–Kier alpha value is -1.49. The highest BCUT2D eigenvalue weighted by Gasteiger charge is 2.34. The number of hydrogen-bond donors (Lipinski definition) is 4. The van der Waals surface area contributed by atoms with E-state index >= 15 is 0 Å². The second-order valence-electron chi connectivity index (χ2n) is 4.11. The van der Waals surface area contributed by atoms with E-state index in [1.807, 2.05) is 0 Å². The summed E-state index contributed by atoms with van der Waals surface area (Å²) in [5.74, 6) is -0.230. The van der Waals surface area contributed by atoms with Gasteiger partial charge in [0.2, 0.25) is 0 Å². The summed E-state index contributed by atoms with van der Waals surface area (Å²) < 4.78 is 0. The van der Waals surface area contributed by atoms with Crippen LogP contribution in [0, 0.1) is 0 Å². The van der Waals surface area contributed by atoms with Crippen molar-refractivity contribution >= 4 is 11.6 Å². The SMILES string of the molecule is Nc1c[nH]c(C(=O)NCC2(O)CCC2)c1. The van der Waals surface area contributed by atoms with Gasteiger partial charge < -0.3 is 21.1 Å². The molecule has 1 fully saturated rings. The second kappa shape index (κ2) is 3.58.